The molecule has 1 fully saturated rings. The van der Waals surface area contributed by atoms with Gasteiger partial charge in [0.1, 0.15) is 0 Å². The summed E-state index contributed by atoms with van der Waals surface area (Å²) >= 11 is 3.28. The van der Waals surface area contributed by atoms with Crippen molar-refractivity contribution in [3.05, 3.63) is 28.2 Å². The van der Waals surface area contributed by atoms with E-state index in [9.17, 15) is 8.42 Å². The Labute approximate surface area is 121 Å². The smallest absolute Gasteiger partial charge is 0.244 e. The van der Waals surface area contributed by atoms with Crippen LogP contribution in [0.4, 0.5) is 0 Å². The first kappa shape index (κ1) is 14.5. The molecule has 1 aliphatic rings. The van der Waals surface area contributed by atoms with Gasteiger partial charge in [0, 0.05) is 11.0 Å². The number of ether oxygens (including phenoxy) is 1. The molecule has 0 bridgehead atoms. The zero-order valence-corrected chi connectivity index (χ0v) is 12.7. The number of halogens is 1. The van der Waals surface area contributed by atoms with Crippen molar-refractivity contribution in [3.63, 3.8) is 0 Å². The Morgan fingerprint density at radius 3 is 2.89 bits per heavy atom. The second kappa shape index (κ2) is 5.59. The van der Waals surface area contributed by atoms with Crippen LogP contribution in [0.5, 0.6) is 0 Å². The molecule has 0 N–H and O–H groups in total. The lowest BCUT2D eigenvalue weighted by atomic mass is 10.2. The molecule has 0 amide bonds. The minimum absolute atomic E-state index is 0.0686. The molecule has 1 aromatic carbocycles. The van der Waals surface area contributed by atoms with Crippen LogP contribution in [0.25, 0.3) is 0 Å². The molecule has 0 radical (unpaired) electrons. The summed E-state index contributed by atoms with van der Waals surface area (Å²) in [7, 11) is -3.60. The third kappa shape index (κ3) is 2.98. The highest BCUT2D eigenvalue weighted by molar-refractivity contribution is 9.10. The fourth-order valence-corrected chi connectivity index (χ4v) is 4.45. The van der Waals surface area contributed by atoms with Gasteiger partial charge in [-0.25, -0.2) is 8.42 Å². The van der Waals surface area contributed by atoms with Crippen molar-refractivity contribution in [1.29, 1.82) is 5.26 Å². The van der Waals surface area contributed by atoms with Gasteiger partial charge in [0.25, 0.3) is 0 Å². The molecule has 1 aromatic rings. The first-order valence-corrected chi connectivity index (χ1v) is 7.96. The van der Waals surface area contributed by atoms with Crippen molar-refractivity contribution in [1.82, 2.24) is 4.31 Å². The maximum absolute atomic E-state index is 12.5. The Morgan fingerprint density at radius 2 is 2.26 bits per heavy atom. The summed E-state index contributed by atoms with van der Waals surface area (Å²) in [6, 6.07) is 7.03. The van der Waals surface area contributed by atoms with Crippen LogP contribution in [-0.2, 0) is 14.8 Å². The van der Waals surface area contributed by atoms with Crippen LogP contribution in [0.3, 0.4) is 0 Å². The van der Waals surface area contributed by atoms with Crippen LogP contribution in [-0.4, -0.2) is 38.5 Å². The van der Waals surface area contributed by atoms with Gasteiger partial charge in [-0.3, -0.25) is 0 Å². The summed E-state index contributed by atoms with van der Waals surface area (Å²) < 4.78 is 32.0. The summed E-state index contributed by atoms with van der Waals surface area (Å²) in [5.74, 6) is 0. The summed E-state index contributed by atoms with van der Waals surface area (Å²) in [6.45, 7) is 2.46. The van der Waals surface area contributed by atoms with Crippen LogP contribution in [0.1, 0.15) is 5.56 Å². The first-order chi connectivity index (χ1) is 8.95. The summed E-state index contributed by atoms with van der Waals surface area (Å²) in [6.07, 6.45) is -0.701. The maximum Gasteiger partial charge on any atom is 0.244 e. The number of aryl methyl sites for hydroxylation is 1. The van der Waals surface area contributed by atoms with Gasteiger partial charge < -0.3 is 4.74 Å². The molecule has 1 saturated heterocycles. The van der Waals surface area contributed by atoms with Gasteiger partial charge >= 0.3 is 0 Å². The van der Waals surface area contributed by atoms with Crippen molar-refractivity contribution in [2.75, 3.05) is 19.7 Å². The van der Waals surface area contributed by atoms with E-state index in [-0.39, 0.29) is 24.6 Å². The molecule has 1 unspecified atom stereocenters. The highest BCUT2D eigenvalue weighted by Gasteiger charge is 2.31. The van der Waals surface area contributed by atoms with Gasteiger partial charge in [-0.1, -0.05) is 6.07 Å². The van der Waals surface area contributed by atoms with Crippen LogP contribution in [0.15, 0.2) is 27.6 Å². The highest BCUT2D eigenvalue weighted by atomic mass is 79.9. The van der Waals surface area contributed by atoms with Crippen molar-refractivity contribution >= 4 is 26.0 Å². The Bertz CT molecular complexity index is 624. The molecular formula is C12H13BrN2O3S. The molecule has 1 heterocycles. The Hall–Kier alpha value is -0.940. The third-order valence-electron chi connectivity index (χ3n) is 2.88. The topological polar surface area (TPSA) is 70.4 Å². The molecule has 5 nitrogen and oxygen atoms in total. The fourth-order valence-electron chi connectivity index (χ4n) is 1.88. The van der Waals surface area contributed by atoms with Crippen molar-refractivity contribution in [2.24, 2.45) is 0 Å². The van der Waals surface area contributed by atoms with Gasteiger partial charge in [0.15, 0.2) is 6.10 Å². The maximum atomic E-state index is 12.5. The average Bonchev–Trinajstić information content (AvgIpc) is 2.38. The first-order valence-electron chi connectivity index (χ1n) is 5.72. The summed E-state index contributed by atoms with van der Waals surface area (Å²) in [5.41, 5.74) is 0.975. The van der Waals surface area contributed by atoms with Crippen LogP contribution in [0, 0.1) is 18.3 Å². The standard InChI is InChI=1S/C12H13BrN2O3S/c1-9-2-3-12(11(13)6-9)19(16,17)15-4-5-18-10(7-14)8-15/h2-3,6,10H,4-5,8H2,1H3. The van der Waals surface area contributed by atoms with E-state index in [1.807, 2.05) is 13.0 Å². The lowest BCUT2D eigenvalue weighted by Crippen LogP contribution is -2.45. The van der Waals surface area contributed by atoms with Crippen LogP contribution >= 0.6 is 15.9 Å². The number of sulfonamides is 1. The average molecular weight is 345 g/mol. The molecule has 1 atom stereocenters. The van der Waals surface area contributed by atoms with E-state index >= 15 is 0 Å². The second-order valence-electron chi connectivity index (χ2n) is 4.29. The molecular weight excluding hydrogens is 332 g/mol. The molecule has 0 saturated carbocycles. The van der Waals surface area contributed by atoms with Crippen LogP contribution in [0.2, 0.25) is 0 Å². The number of rotatable bonds is 2. The highest BCUT2D eigenvalue weighted by Crippen LogP contribution is 2.27. The van der Waals surface area contributed by atoms with E-state index in [1.54, 1.807) is 18.2 Å². The van der Waals surface area contributed by atoms with Crippen LogP contribution < -0.4 is 0 Å². The van der Waals surface area contributed by atoms with Gasteiger partial charge in [0.2, 0.25) is 10.0 Å². The Morgan fingerprint density at radius 1 is 1.53 bits per heavy atom. The lowest BCUT2D eigenvalue weighted by Gasteiger charge is -2.29. The lowest BCUT2D eigenvalue weighted by molar-refractivity contribution is 0.0311. The molecule has 0 spiro atoms. The minimum atomic E-state index is -3.60. The number of hydrogen-bond donors (Lipinski definition) is 0. The number of benzene rings is 1. The Balaban J connectivity index is 2.34. The van der Waals surface area contributed by atoms with E-state index in [0.29, 0.717) is 4.47 Å². The zero-order valence-electron chi connectivity index (χ0n) is 10.3. The van der Waals surface area contributed by atoms with E-state index in [2.05, 4.69) is 15.9 Å². The van der Waals surface area contributed by atoms with Crippen molar-refractivity contribution in [2.45, 2.75) is 17.9 Å². The quantitative estimate of drug-likeness (QED) is 0.818. The predicted molar refractivity (Wildman–Crippen MR) is 73.0 cm³/mol. The van der Waals surface area contributed by atoms with Crippen molar-refractivity contribution in [3.8, 4) is 6.07 Å². The van der Waals surface area contributed by atoms with E-state index < -0.39 is 16.1 Å². The molecule has 1 aliphatic heterocycles. The molecule has 2 rings (SSSR count). The van der Waals surface area contributed by atoms with Gasteiger partial charge in [-0.15, -0.1) is 0 Å². The molecule has 7 heteroatoms. The van der Waals surface area contributed by atoms with E-state index in [4.69, 9.17) is 10.00 Å². The SMILES string of the molecule is Cc1ccc(S(=O)(=O)N2CCOC(C#N)C2)c(Br)c1. The van der Waals surface area contributed by atoms with E-state index in [0.717, 1.165) is 5.56 Å². The molecule has 0 aromatic heterocycles. The van der Waals surface area contributed by atoms with Gasteiger partial charge in [0.05, 0.1) is 24.1 Å². The monoisotopic (exact) mass is 344 g/mol. The second-order valence-corrected chi connectivity index (χ2v) is 7.05. The predicted octanol–water partition coefficient (Wildman–Crippen LogP) is 1.67. The summed E-state index contributed by atoms with van der Waals surface area (Å²) in [5, 5.41) is 8.83. The zero-order chi connectivity index (χ0) is 14.0. The van der Waals surface area contributed by atoms with Crippen molar-refractivity contribution < 1.29 is 13.2 Å². The third-order valence-corrected chi connectivity index (χ3v) is 5.72. The molecule has 0 aliphatic carbocycles. The molecule has 19 heavy (non-hydrogen) atoms. The largest absolute Gasteiger partial charge is 0.361 e. The fraction of sp³-hybridized carbons (Fsp3) is 0.417. The number of nitrogens with zero attached hydrogens (tertiary/aromatic N) is 2. The summed E-state index contributed by atoms with van der Waals surface area (Å²) in [4.78, 5) is 0.219. The number of hydrogen-bond acceptors (Lipinski definition) is 4. The minimum Gasteiger partial charge on any atom is -0.361 e. The Kier molecular flexibility index (Phi) is 4.26. The van der Waals surface area contributed by atoms with Gasteiger partial charge in [-0.2, -0.15) is 9.57 Å². The van der Waals surface area contributed by atoms with Gasteiger partial charge in [-0.05, 0) is 40.5 Å². The number of morpholine rings is 1. The normalized spacial score (nSPS) is 21.0. The molecule has 102 valence electrons. The van der Waals surface area contributed by atoms with E-state index in [1.165, 1.54) is 4.31 Å². The number of nitriles is 1.